The number of aryl methyl sites for hydroxylation is 1. The number of nitrogens with one attached hydrogen (secondary N) is 1. The lowest BCUT2D eigenvalue weighted by Crippen LogP contribution is -2.17. The Morgan fingerprint density at radius 2 is 2.03 bits per heavy atom. The fraction of sp³-hybridized carbons (Fsp3) is 0.190. The number of anilines is 1. The van der Waals surface area contributed by atoms with Gasteiger partial charge >= 0.3 is 0 Å². The molecule has 1 N–H and O–H groups in total. The van der Waals surface area contributed by atoms with Crippen LogP contribution in [0.4, 0.5) is 5.82 Å². The number of hydrogen-bond acceptors (Lipinski definition) is 7. The molecule has 1 amide bonds. The molecule has 0 aliphatic carbocycles. The average Bonchev–Trinajstić information content (AvgIpc) is 3.48. The maximum absolute atomic E-state index is 12.7. The van der Waals surface area contributed by atoms with E-state index in [-0.39, 0.29) is 12.3 Å². The van der Waals surface area contributed by atoms with Crippen LogP contribution < -0.4 is 14.8 Å². The zero-order valence-corrected chi connectivity index (χ0v) is 17.5. The number of thiazole rings is 1. The molecule has 0 aliphatic heterocycles. The zero-order valence-electron chi connectivity index (χ0n) is 16.7. The van der Waals surface area contributed by atoms with Gasteiger partial charge in [0.25, 0.3) is 0 Å². The van der Waals surface area contributed by atoms with E-state index in [9.17, 15) is 4.79 Å². The van der Waals surface area contributed by atoms with Crippen LogP contribution in [0.2, 0.25) is 0 Å². The smallest absolute Gasteiger partial charge is 0.229 e. The molecule has 0 saturated carbocycles. The molecule has 0 atom stereocenters. The first-order chi connectivity index (χ1) is 14.6. The van der Waals surface area contributed by atoms with Crippen molar-refractivity contribution in [1.29, 1.82) is 0 Å². The number of furan rings is 1. The van der Waals surface area contributed by atoms with Gasteiger partial charge in [-0.15, -0.1) is 11.3 Å². The fourth-order valence-corrected chi connectivity index (χ4v) is 3.77. The van der Waals surface area contributed by atoms with E-state index < -0.39 is 0 Å². The molecule has 4 aromatic rings. The number of hydrogen-bond donors (Lipinski definition) is 1. The van der Waals surface area contributed by atoms with E-state index in [0.717, 1.165) is 17.0 Å². The van der Waals surface area contributed by atoms with Gasteiger partial charge < -0.3 is 19.2 Å². The third kappa shape index (κ3) is 4.06. The molecule has 1 aromatic carbocycles. The predicted octanol–water partition coefficient (Wildman–Crippen LogP) is 4.10. The Bertz CT molecular complexity index is 1160. The summed E-state index contributed by atoms with van der Waals surface area (Å²) in [6, 6.07) is 10.9. The fourth-order valence-electron chi connectivity index (χ4n) is 3.00. The molecule has 0 aliphatic rings. The SMILES string of the molecule is COc1ccc(CC(=O)Nc2cc(C)nn2-c2nc(-c3ccco3)cs2)cc1OC. The maximum Gasteiger partial charge on any atom is 0.229 e. The van der Waals surface area contributed by atoms with Crippen molar-refractivity contribution in [2.75, 3.05) is 19.5 Å². The van der Waals surface area contributed by atoms with Crippen molar-refractivity contribution < 1.29 is 18.7 Å². The summed E-state index contributed by atoms with van der Waals surface area (Å²) < 4.78 is 17.6. The van der Waals surface area contributed by atoms with Gasteiger partial charge in [0.1, 0.15) is 11.5 Å². The minimum Gasteiger partial charge on any atom is -0.493 e. The Morgan fingerprint density at radius 3 is 2.77 bits per heavy atom. The number of ether oxygens (including phenoxy) is 2. The van der Waals surface area contributed by atoms with Gasteiger partial charge in [0.05, 0.1) is 32.6 Å². The van der Waals surface area contributed by atoms with E-state index in [1.165, 1.54) is 11.3 Å². The summed E-state index contributed by atoms with van der Waals surface area (Å²) in [7, 11) is 3.14. The quantitative estimate of drug-likeness (QED) is 0.480. The van der Waals surface area contributed by atoms with E-state index in [0.29, 0.717) is 28.2 Å². The first-order valence-electron chi connectivity index (χ1n) is 9.14. The van der Waals surface area contributed by atoms with Crippen molar-refractivity contribution >= 4 is 23.1 Å². The highest BCUT2D eigenvalue weighted by atomic mass is 32.1. The molecule has 4 rings (SSSR count). The summed E-state index contributed by atoms with van der Waals surface area (Å²) in [5.41, 5.74) is 2.30. The largest absolute Gasteiger partial charge is 0.493 e. The van der Waals surface area contributed by atoms with E-state index in [1.54, 1.807) is 43.4 Å². The number of carbonyl (C=O) groups is 1. The minimum absolute atomic E-state index is 0.175. The minimum atomic E-state index is -0.175. The van der Waals surface area contributed by atoms with Crippen LogP contribution in [-0.2, 0) is 11.2 Å². The van der Waals surface area contributed by atoms with Crippen LogP contribution in [0.25, 0.3) is 16.6 Å². The Labute approximate surface area is 177 Å². The molecule has 8 nitrogen and oxygen atoms in total. The third-order valence-corrected chi connectivity index (χ3v) is 5.17. The van der Waals surface area contributed by atoms with Gasteiger partial charge in [-0.05, 0) is 36.8 Å². The summed E-state index contributed by atoms with van der Waals surface area (Å²) in [5, 5.41) is 9.91. The molecule has 3 aromatic heterocycles. The normalized spacial score (nSPS) is 10.8. The summed E-state index contributed by atoms with van der Waals surface area (Å²) >= 11 is 1.42. The lowest BCUT2D eigenvalue weighted by atomic mass is 10.1. The van der Waals surface area contributed by atoms with Gasteiger partial charge in [-0.2, -0.15) is 9.78 Å². The molecule has 0 bridgehead atoms. The topological polar surface area (TPSA) is 91.4 Å². The molecule has 30 heavy (non-hydrogen) atoms. The Morgan fingerprint density at radius 1 is 1.20 bits per heavy atom. The van der Waals surface area contributed by atoms with Crippen molar-refractivity contribution in [3.05, 3.63) is 59.3 Å². The van der Waals surface area contributed by atoms with Crippen molar-refractivity contribution in [2.45, 2.75) is 13.3 Å². The standard InChI is InChI=1S/C21H20N4O4S/c1-13-9-19(23-20(26)11-14-6-7-17(27-2)18(10-14)28-3)25(24-13)21-22-15(12-30-21)16-5-4-8-29-16/h4-10,12H,11H2,1-3H3,(H,23,26). The van der Waals surface area contributed by atoms with Crippen molar-refractivity contribution in [3.63, 3.8) is 0 Å². The van der Waals surface area contributed by atoms with Gasteiger partial charge in [-0.1, -0.05) is 6.07 Å². The van der Waals surface area contributed by atoms with Crippen molar-refractivity contribution in [3.8, 4) is 28.1 Å². The number of carbonyl (C=O) groups excluding carboxylic acids is 1. The van der Waals surface area contributed by atoms with E-state index in [4.69, 9.17) is 13.9 Å². The molecule has 0 fully saturated rings. The first-order valence-corrected chi connectivity index (χ1v) is 10.0. The van der Waals surface area contributed by atoms with Gasteiger partial charge in [-0.3, -0.25) is 4.79 Å². The number of nitrogens with zero attached hydrogens (tertiary/aromatic N) is 3. The molecule has 3 heterocycles. The molecule has 0 saturated heterocycles. The van der Waals surface area contributed by atoms with Gasteiger partial charge in [0.15, 0.2) is 17.3 Å². The number of rotatable bonds is 7. The summed E-state index contributed by atoms with van der Waals surface area (Å²) in [6.07, 6.45) is 1.78. The Hall–Kier alpha value is -3.59. The third-order valence-electron chi connectivity index (χ3n) is 4.36. The van der Waals surface area contributed by atoms with Gasteiger partial charge in [0.2, 0.25) is 11.0 Å². The number of methoxy groups -OCH3 is 2. The molecule has 0 radical (unpaired) electrons. The molecule has 0 unspecified atom stereocenters. The van der Waals surface area contributed by atoms with Gasteiger partial charge in [0, 0.05) is 11.4 Å². The van der Waals surface area contributed by atoms with Crippen molar-refractivity contribution in [2.24, 2.45) is 0 Å². The number of aromatic nitrogens is 3. The van der Waals surface area contributed by atoms with Crippen LogP contribution in [-0.4, -0.2) is 34.9 Å². The highest BCUT2D eigenvalue weighted by Crippen LogP contribution is 2.29. The number of benzene rings is 1. The Kier molecular flexibility index (Phi) is 5.53. The zero-order chi connectivity index (χ0) is 21.1. The Balaban J connectivity index is 1.52. The summed E-state index contributed by atoms with van der Waals surface area (Å²) in [4.78, 5) is 17.2. The second-order valence-electron chi connectivity index (χ2n) is 6.49. The van der Waals surface area contributed by atoms with Crippen LogP contribution >= 0.6 is 11.3 Å². The monoisotopic (exact) mass is 424 g/mol. The summed E-state index contributed by atoms with van der Waals surface area (Å²) in [6.45, 7) is 1.86. The molecule has 0 spiro atoms. The lowest BCUT2D eigenvalue weighted by molar-refractivity contribution is -0.115. The van der Waals surface area contributed by atoms with E-state index in [2.05, 4.69) is 15.4 Å². The van der Waals surface area contributed by atoms with E-state index >= 15 is 0 Å². The van der Waals surface area contributed by atoms with Crippen LogP contribution in [0.3, 0.4) is 0 Å². The predicted molar refractivity (Wildman–Crippen MR) is 114 cm³/mol. The molecule has 9 heteroatoms. The van der Waals surface area contributed by atoms with Crippen LogP contribution in [0.5, 0.6) is 11.5 Å². The van der Waals surface area contributed by atoms with E-state index in [1.807, 2.05) is 30.5 Å². The first kappa shape index (κ1) is 19.7. The molecular formula is C21H20N4O4S. The second kappa shape index (κ2) is 8.42. The van der Waals surface area contributed by atoms with Crippen LogP contribution in [0.15, 0.2) is 52.5 Å². The van der Waals surface area contributed by atoms with Gasteiger partial charge in [-0.25, -0.2) is 4.98 Å². The average molecular weight is 424 g/mol. The maximum atomic E-state index is 12.7. The molecule has 154 valence electrons. The second-order valence-corrected chi connectivity index (χ2v) is 7.33. The highest BCUT2D eigenvalue weighted by Gasteiger charge is 2.16. The van der Waals surface area contributed by atoms with Crippen LogP contribution in [0, 0.1) is 6.92 Å². The van der Waals surface area contributed by atoms with Crippen molar-refractivity contribution in [1.82, 2.24) is 14.8 Å². The van der Waals surface area contributed by atoms with Crippen LogP contribution in [0.1, 0.15) is 11.3 Å². The molecular weight excluding hydrogens is 404 g/mol. The number of amides is 1. The lowest BCUT2D eigenvalue weighted by Gasteiger charge is -2.10. The highest BCUT2D eigenvalue weighted by molar-refractivity contribution is 7.12. The summed E-state index contributed by atoms with van der Waals surface area (Å²) in [5.74, 6) is 2.26.